The van der Waals surface area contributed by atoms with E-state index in [1.54, 1.807) is 17.3 Å². The van der Waals surface area contributed by atoms with E-state index in [0.717, 1.165) is 44.4 Å². The Bertz CT molecular complexity index is 2200. The van der Waals surface area contributed by atoms with Gasteiger partial charge in [0.15, 0.2) is 0 Å². The van der Waals surface area contributed by atoms with Crippen LogP contribution in [-0.4, -0.2) is 66.9 Å². The van der Waals surface area contributed by atoms with Crippen molar-refractivity contribution in [3.05, 3.63) is 71.9 Å². The first-order valence-electron chi connectivity index (χ1n) is 15.8. The summed E-state index contributed by atoms with van der Waals surface area (Å²) in [5.41, 5.74) is 5.88. The van der Waals surface area contributed by atoms with E-state index in [0.29, 0.717) is 43.2 Å². The van der Waals surface area contributed by atoms with Gasteiger partial charge in [-0.3, -0.25) is 14.5 Å². The molecule has 6 rings (SSSR count). The van der Waals surface area contributed by atoms with Crippen molar-refractivity contribution in [1.82, 2.24) is 29.0 Å². The summed E-state index contributed by atoms with van der Waals surface area (Å²) >= 11 is 0. The van der Waals surface area contributed by atoms with Crippen LogP contribution in [0, 0.1) is 29.7 Å². The number of anilines is 1. The van der Waals surface area contributed by atoms with Gasteiger partial charge in [0.25, 0.3) is 0 Å². The number of imidazole rings is 1. The van der Waals surface area contributed by atoms with Crippen molar-refractivity contribution in [2.75, 3.05) is 31.1 Å². The first kappa shape index (κ1) is 32.2. The zero-order valence-electron chi connectivity index (χ0n) is 28.3. The van der Waals surface area contributed by atoms with E-state index in [9.17, 15) is 15.3 Å². The number of nitriles is 2. The number of hydrogen-bond acceptors (Lipinski definition) is 9. The average Bonchev–Trinajstić information content (AvgIpc) is 3.35. The smallest absolute Gasteiger partial charge is 0.410 e. The molecule has 5 heterocycles. The number of carbonyl (C=O) groups is 1. The molecule has 1 aromatic carbocycles. The molecule has 1 aliphatic heterocycles. The summed E-state index contributed by atoms with van der Waals surface area (Å²) in [7, 11) is 1.85. The van der Waals surface area contributed by atoms with Crippen LogP contribution in [0.2, 0.25) is 0 Å². The summed E-state index contributed by atoms with van der Waals surface area (Å²) in [5.74, 6) is 0.895. The van der Waals surface area contributed by atoms with Crippen molar-refractivity contribution >= 4 is 33.8 Å². The number of aromatic nitrogens is 5. The molecule has 0 saturated carbocycles. The molecule has 0 unspecified atom stereocenters. The normalized spacial score (nSPS) is 14.3. The van der Waals surface area contributed by atoms with Gasteiger partial charge in [-0.1, -0.05) is 6.07 Å². The molecule has 1 aliphatic rings. The van der Waals surface area contributed by atoms with Gasteiger partial charge < -0.3 is 19.1 Å². The minimum Gasteiger partial charge on any atom is -0.444 e. The van der Waals surface area contributed by atoms with E-state index in [1.165, 1.54) is 0 Å². The van der Waals surface area contributed by atoms with Gasteiger partial charge in [0.2, 0.25) is 11.8 Å². The van der Waals surface area contributed by atoms with Crippen LogP contribution in [-0.2, 0) is 17.2 Å². The van der Waals surface area contributed by atoms with Crippen molar-refractivity contribution in [2.45, 2.75) is 52.6 Å². The monoisotopic (exact) mass is 642 g/mol. The summed E-state index contributed by atoms with van der Waals surface area (Å²) in [6.07, 6.45) is 7.03. The third kappa shape index (κ3) is 5.93. The van der Waals surface area contributed by atoms with E-state index in [1.807, 2.05) is 87.5 Å². The van der Waals surface area contributed by atoms with Gasteiger partial charge in [-0.2, -0.15) is 10.5 Å². The number of piperazine rings is 1. The average molecular weight is 643 g/mol. The highest BCUT2D eigenvalue weighted by molar-refractivity contribution is 6.04. The lowest BCUT2D eigenvalue weighted by atomic mass is 9.91. The van der Waals surface area contributed by atoms with E-state index in [-0.39, 0.29) is 6.09 Å². The lowest BCUT2D eigenvalue weighted by molar-refractivity contribution is 0.0240. The minimum atomic E-state index is -0.747. The Balaban J connectivity index is 1.38. The largest absolute Gasteiger partial charge is 0.444 e. The molecule has 48 heavy (non-hydrogen) atoms. The summed E-state index contributed by atoms with van der Waals surface area (Å²) in [5, 5.41) is 20.1. The fraction of sp³-hybridized carbons (Fsp3) is 0.361. The van der Waals surface area contributed by atoms with Gasteiger partial charge in [-0.05, 0) is 83.0 Å². The lowest BCUT2D eigenvalue weighted by Gasteiger charge is -2.36. The molecule has 12 nitrogen and oxygen atoms in total. The van der Waals surface area contributed by atoms with Crippen molar-refractivity contribution in [3.63, 3.8) is 0 Å². The third-order valence-electron chi connectivity index (χ3n) is 8.60. The highest BCUT2D eigenvalue weighted by Crippen LogP contribution is 2.32. The summed E-state index contributed by atoms with van der Waals surface area (Å²) in [4.78, 5) is 34.9. The van der Waals surface area contributed by atoms with E-state index >= 15 is 0 Å². The fourth-order valence-electron chi connectivity index (χ4n) is 6.03. The molecule has 0 radical (unpaired) electrons. The van der Waals surface area contributed by atoms with Gasteiger partial charge in [-0.15, -0.1) is 4.99 Å². The van der Waals surface area contributed by atoms with Crippen molar-refractivity contribution in [2.24, 2.45) is 12.0 Å². The number of pyridine rings is 3. The standard InChI is InChI=1S/C36H38N10O2/c1-23-16-25(18-41-32(23)44-12-14-45(15-13-44)34(47)48-35(2,3)4)24-8-10-28-27(17-24)31-29(20-39-28)43(7)33(42-22-38)46(31)26-9-11-30(40-19-26)36(5,6)21-37/h8-11,16-20H,12-15H2,1-7H3. The minimum absolute atomic E-state index is 0.286. The van der Waals surface area contributed by atoms with Crippen LogP contribution < -0.4 is 10.5 Å². The van der Waals surface area contributed by atoms with E-state index in [2.05, 4.69) is 40.0 Å². The number of rotatable bonds is 4. The van der Waals surface area contributed by atoms with Crippen molar-refractivity contribution in [1.29, 1.82) is 10.5 Å². The summed E-state index contributed by atoms with van der Waals surface area (Å²) in [6.45, 7) is 13.8. The van der Waals surface area contributed by atoms with Crippen LogP contribution in [0.1, 0.15) is 45.9 Å². The van der Waals surface area contributed by atoms with Gasteiger partial charge in [0.1, 0.15) is 11.4 Å². The third-order valence-corrected chi connectivity index (χ3v) is 8.60. The zero-order chi connectivity index (χ0) is 34.4. The molecular weight excluding hydrogens is 604 g/mol. The Morgan fingerprint density at radius 3 is 2.29 bits per heavy atom. The van der Waals surface area contributed by atoms with Crippen LogP contribution in [0.5, 0.6) is 0 Å². The molecule has 0 bridgehead atoms. The maximum absolute atomic E-state index is 12.5. The maximum Gasteiger partial charge on any atom is 0.410 e. The predicted molar refractivity (Wildman–Crippen MR) is 183 cm³/mol. The van der Waals surface area contributed by atoms with Gasteiger partial charge in [0.05, 0.1) is 51.8 Å². The fourth-order valence-corrected chi connectivity index (χ4v) is 6.03. The van der Waals surface area contributed by atoms with Crippen LogP contribution >= 0.6 is 0 Å². The summed E-state index contributed by atoms with van der Waals surface area (Å²) < 4.78 is 9.30. The number of hydrogen-bond donors (Lipinski definition) is 0. The predicted octanol–water partition coefficient (Wildman–Crippen LogP) is 5.52. The maximum atomic E-state index is 12.5. The topological polar surface area (TPSA) is 141 Å². The SMILES string of the molecule is Cc1cc(-c2ccc3ncc4c(c3c2)n(-c2ccc(C(C)(C)C#N)nc2)c(=NC#N)n4C)cnc1N1CCN(C(=O)OC(C)(C)C)CC1. The molecule has 12 heteroatoms. The first-order chi connectivity index (χ1) is 22.8. The van der Waals surface area contributed by atoms with Gasteiger partial charge in [-0.25, -0.2) is 9.78 Å². The molecule has 5 aromatic rings. The molecule has 0 aliphatic carbocycles. The molecule has 0 spiro atoms. The Kier molecular flexibility index (Phi) is 8.13. The first-order valence-corrected chi connectivity index (χ1v) is 15.8. The number of ether oxygens (including phenoxy) is 1. The molecule has 1 fully saturated rings. The van der Waals surface area contributed by atoms with E-state index in [4.69, 9.17) is 14.7 Å². The number of amides is 1. The Labute approximate surface area is 279 Å². The van der Waals surface area contributed by atoms with Crippen LogP contribution in [0.25, 0.3) is 38.8 Å². The molecule has 244 valence electrons. The quantitative estimate of drug-likeness (QED) is 0.233. The molecule has 4 aromatic heterocycles. The Hall–Kier alpha value is -5.75. The van der Waals surface area contributed by atoms with Crippen molar-refractivity contribution < 1.29 is 9.53 Å². The Morgan fingerprint density at radius 1 is 0.917 bits per heavy atom. The Morgan fingerprint density at radius 2 is 1.67 bits per heavy atom. The highest BCUT2D eigenvalue weighted by atomic mass is 16.6. The van der Waals surface area contributed by atoms with Crippen LogP contribution in [0.3, 0.4) is 0 Å². The molecule has 0 N–H and O–H groups in total. The number of fused-ring (bicyclic) bond motifs is 3. The second-order valence-electron chi connectivity index (χ2n) is 13.6. The van der Waals surface area contributed by atoms with Crippen LogP contribution in [0.15, 0.2) is 60.0 Å². The summed E-state index contributed by atoms with van der Waals surface area (Å²) in [6, 6.07) is 14.3. The second-order valence-corrected chi connectivity index (χ2v) is 13.6. The number of aryl methyl sites for hydroxylation is 2. The van der Waals surface area contributed by atoms with Gasteiger partial charge in [0, 0.05) is 50.4 Å². The zero-order valence-corrected chi connectivity index (χ0v) is 28.3. The molecule has 0 atom stereocenters. The van der Waals surface area contributed by atoms with Crippen LogP contribution in [0.4, 0.5) is 10.6 Å². The number of benzene rings is 1. The second kappa shape index (κ2) is 12.1. The van der Waals surface area contributed by atoms with Gasteiger partial charge >= 0.3 is 6.09 Å². The molecular formula is C36H38N10O2. The van der Waals surface area contributed by atoms with E-state index < -0.39 is 11.0 Å². The highest BCUT2D eigenvalue weighted by Gasteiger charge is 2.27. The number of carbonyl (C=O) groups excluding carboxylic acids is 1. The molecule has 1 saturated heterocycles. The molecule has 1 amide bonds. The lowest BCUT2D eigenvalue weighted by Crippen LogP contribution is -2.50. The van der Waals surface area contributed by atoms with Crippen molar-refractivity contribution in [3.8, 4) is 29.1 Å². The number of nitrogens with zero attached hydrogens (tertiary/aromatic N) is 10.